The van der Waals surface area contributed by atoms with Gasteiger partial charge in [-0.2, -0.15) is 0 Å². The third-order valence-electron chi connectivity index (χ3n) is 5.51. The Balaban J connectivity index is 1.47. The Labute approximate surface area is 181 Å². The zero-order valence-electron chi connectivity index (χ0n) is 17.5. The van der Waals surface area contributed by atoms with Crippen molar-refractivity contribution in [3.63, 3.8) is 0 Å². The van der Waals surface area contributed by atoms with Crippen LogP contribution in [-0.2, 0) is 14.6 Å². The molecule has 31 heavy (non-hydrogen) atoms. The number of hydrogen-bond acceptors (Lipinski definition) is 5. The van der Waals surface area contributed by atoms with Gasteiger partial charge in [0.25, 0.3) is 0 Å². The maximum Gasteiger partial charge on any atom is 0.324 e. The highest BCUT2D eigenvalue weighted by Gasteiger charge is 2.26. The molecule has 0 aromatic heterocycles. The van der Waals surface area contributed by atoms with Crippen LogP contribution in [0.25, 0.3) is 0 Å². The maximum absolute atomic E-state index is 14.3. The third kappa shape index (κ3) is 6.88. The van der Waals surface area contributed by atoms with E-state index in [2.05, 4.69) is 5.32 Å². The van der Waals surface area contributed by atoms with Crippen LogP contribution < -0.4 is 10.1 Å². The van der Waals surface area contributed by atoms with Crippen molar-refractivity contribution in [3.05, 3.63) is 29.3 Å². The van der Waals surface area contributed by atoms with Crippen molar-refractivity contribution >= 4 is 21.8 Å². The summed E-state index contributed by atoms with van der Waals surface area (Å²) in [6.07, 6.45) is 3.64. The molecule has 0 unspecified atom stereocenters. The van der Waals surface area contributed by atoms with Crippen molar-refractivity contribution < 1.29 is 31.5 Å². The van der Waals surface area contributed by atoms with Crippen LogP contribution in [0.1, 0.15) is 50.5 Å². The number of carbonyl (C=O) groups is 2. The smallest absolute Gasteiger partial charge is 0.324 e. The number of ether oxygens (including phenoxy) is 1. The number of rotatable bonds is 12. The molecule has 172 valence electrons. The zero-order chi connectivity index (χ0) is 22.6. The molecule has 3 rings (SSSR count). The Bertz CT molecular complexity index is 934. The summed E-state index contributed by atoms with van der Waals surface area (Å²) < 4.78 is 58.6. The number of halogens is 2. The fraction of sp³-hybridized carbons (Fsp3) is 0.619. The number of nitrogens with one attached hydrogen (secondary N) is 1. The van der Waals surface area contributed by atoms with Crippen LogP contribution in [0.5, 0.6) is 5.75 Å². The van der Waals surface area contributed by atoms with Crippen molar-refractivity contribution in [2.75, 3.05) is 31.2 Å². The van der Waals surface area contributed by atoms with Crippen molar-refractivity contribution in [3.8, 4) is 5.75 Å². The molecule has 1 saturated heterocycles. The van der Waals surface area contributed by atoms with Crippen LogP contribution in [0.3, 0.4) is 0 Å². The summed E-state index contributed by atoms with van der Waals surface area (Å²) in [5.74, 6) is -2.49. The van der Waals surface area contributed by atoms with Crippen molar-refractivity contribution in [2.45, 2.75) is 44.9 Å². The predicted octanol–water partition coefficient (Wildman–Crippen LogP) is 2.99. The SMILES string of the molecule is C[C@@H](CS(=O)(=O)CCCCCN1CC(=O)NC1=O)c1cc(OCC2CC2)c(F)cc1F. The van der Waals surface area contributed by atoms with Crippen LogP contribution in [-0.4, -0.2) is 56.5 Å². The lowest BCUT2D eigenvalue weighted by Gasteiger charge is -2.16. The van der Waals surface area contributed by atoms with Crippen LogP contribution in [0.2, 0.25) is 0 Å². The molecule has 1 N–H and O–H groups in total. The van der Waals surface area contributed by atoms with Gasteiger partial charge in [0.15, 0.2) is 21.4 Å². The fourth-order valence-electron chi connectivity index (χ4n) is 3.54. The first-order valence-corrected chi connectivity index (χ1v) is 12.4. The summed E-state index contributed by atoms with van der Waals surface area (Å²) in [5, 5.41) is 2.19. The van der Waals surface area contributed by atoms with Gasteiger partial charge in [0.2, 0.25) is 5.91 Å². The molecular formula is C21H28F2N2O5S. The van der Waals surface area contributed by atoms with E-state index in [1.807, 2.05) is 0 Å². The van der Waals surface area contributed by atoms with E-state index in [0.29, 0.717) is 38.3 Å². The molecule has 10 heteroatoms. The molecule has 1 heterocycles. The summed E-state index contributed by atoms with van der Waals surface area (Å²) in [6.45, 7) is 2.39. The van der Waals surface area contributed by atoms with Crippen LogP contribution in [0.4, 0.5) is 13.6 Å². The number of urea groups is 1. The quantitative estimate of drug-likeness (QED) is 0.384. The van der Waals surface area contributed by atoms with E-state index in [1.165, 1.54) is 11.0 Å². The minimum absolute atomic E-state index is 0.0320. The minimum Gasteiger partial charge on any atom is -0.490 e. The van der Waals surface area contributed by atoms with Gasteiger partial charge in [0.1, 0.15) is 12.4 Å². The molecule has 7 nitrogen and oxygen atoms in total. The highest BCUT2D eigenvalue weighted by atomic mass is 32.2. The molecule has 1 aromatic rings. The van der Waals surface area contributed by atoms with Crippen molar-refractivity contribution in [1.82, 2.24) is 10.2 Å². The maximum atomic E-state index is 14.3. The lowest BCUT2D eigenvalue weighted by Crippen LogP contribution is -2.29. The molecule has 0 bridgehead atoms. The molecule has 1 aliphatic carbocycles. The molecule has 3 amide bonds. The molecule has 1 aromatic carbocycles. The Hall–Kier alpha value is -2.23. The molecule has 2 fully saturated rings. The van der Waals surface area contributed by atoms with Gasteiger partial charge in [0, 0.05) is 12.6 Å². The Morgan fingerprint density at radius 1 is 1.16 bits per heavy atom. The van der Waals surface area contributed by atoms with E-state index >= 15 is 0 Å². The Morgan fingerprint density at radius 2 is 1.90 bits per heavy atom. The first-order chi connectivity index (χ1) is 14.6. The van der Waals surface area contributed by atoms with Gasteiger partial charge < -0.3 is 9.64 Å². The third-order valence-corrected chi connectivity index (χ3v) is 7.43. The highest BCUT2D eigenvalue weighted by Crippen LogP contribution is 2.32. The first-order valence-electron chi connectivity index (χ1n) is 10.6. The summed E-state index contributed by atoms with van der Waals surface area (Å²) in [6, 6.07) is 1.60. The van der Waals surface area contributed by atoms with Crippen LogP contribution in [0, 0.1) is 17.6 Å². The van der Waals surface area contributed by atoms with Crippen LogP contribution in [0.15, 0.2) is 12.1 Å². The number of amides is 3. The van der Waals surface area contributed by atoms with Gasteiger partial charge in [-0.25, -0.2) is 22.0 Å². The molecule has 1 atom stereocenters. The molecule has 0 radical (unpaired) electrons. The second-order valence-corrected chi connectivity index (χ2v) is 10.6. The van der Waals surface area contributed by atoms with E-state index in [0.717, 1.165) is 18.9 Å². The van der Waals surface area contributed by atoms with Gasteiger partial charge >= 0.3 is 6.03 Å². The van der Waals surface area contributed by atoms with Crippen molar-refractivity contribution in [1.29, 1.82) is 0 Å². The van der Waals surface area contributed by atoms with Gasteiger partial charge in [-0.05, 0) is 49.1 Å². The Kier molecular flexibility index (Phi) is 7.51. The fourth-order valence-corrected chi connectivity index (χ4v) is 5.30. The molecule has 1 saturated carbocycles. The molecule has 1 aliphatic heterocycles. The number of hydrogen-bond donors (Lipinski definition) is 1. The first kappa shape index (κ1) is 23.4. The van der Waals surface area contributed by atoms with Gasteiger partial charge in [-0.1, -0.05) is 13.3 Å². The van der Waals surface area contributed by atoms with E-state index in [4.69, 9.17) is 4.74 Å². The average Bonchev–Trinajstić information content (AvgIpc) is 3.44. The van der Waals surface area contributed by atoms with Crippen LogP contribution >= 0.6 is 0 Å². The van der Waals surface area contributed by atoms with Gasteiger partial charge in [-0.15, -0.1) is 0 Å². The van der Waals surface area contributed by atoms with E-state index in [1.54, 1.807) is 6.92 Å². The highest BCUT2D eigenvalue weighted by molar-refractivity contribution is 7.91. The monoisotopic (exact) mass is 458 g/mol. The summed E-state index contributed by atoms with van der Waals surface area (Å²) >= 11 is 0. The average molecular weight is 459 g/mol. The second kappa shape index (κ2) is 9.93. The second-order valence-electron chi connectivity index (χ2n) is 8.41. The largest absolute Gasteiger partial charge is 0.490 e. The standard InChI is InChI=1S/C21H28F2N2O5S/c1-14(16-9-19(18(23)10-17(16)22)30-12-15-5-6-15)13-31(28,29)8-4-2-3-7-25-11-20(26)24-21(25)27/h9-10,14-15H,2-8,11-13H2,1H3,(H,24,26,27)/t14-/m0/s1. The Morgan fingerprint density at radius 3 is 2.55 bits per heavy atom. The number of imide groups is 1. The summed E-state index contributed by atoms with van der Waals surface area (Å²) in [5.41, 5.74) is 0.125. The predicted molar refractivity (Wildman–Crippen MR) is 111 cm³/mol. The summed E-state index contributed by atoms with van der Waals surface area (Å²) in [7, 11) is -3.45. The number of carbonyl (C=O) groups excluding carboxylic acids is 2. The van der Waals surface area contributed by atoms with Gasteiger partial charge in [0.05, 0.1) is 18.1 Å². The molecule has 2 aliphatic rings. The lowest BCUT2D eigenvalue weighted by molar-refractivity contribution is -0.118. The van der Waals surface area contributed by atoms with Crippen molar-refractivity contribution in [2.24, 2.45) is 5.92 Å². The molecule has 0 spiro atoms. The number of nitrogens with zero attached hydrogens (tertiary/aromatic N) is 1. The zero-order valence-corrected chi connectivity index (χ0v) is 18.3. The van der Waals surface area contributed by atoms with E-state index in [9.17, 15) is 26.8 Å². The lowest BCUT2D eigenvalue weighted by atomic mass is 10.0. The van der Waals surface area contributed by atoms with E-state index in [-0.39, 0.29) is 35.3 Å². The normalized spacial score (nSPS) is 17.7. The number of unbranched alkanes of at least 4 members (excludes halogenated alkanes) is 2. The number of sulfone groups is 1. The topological polar surface area (TPSA) is 92.8 Å². The summed E-state index contributed by atoms with van der Waals surface area (Å²) in [4.78, 5) is 24.0. The number of benzene rings is 1. The van der Waals surface area contributed by atoms with Gasteiger partial charge in [-0.3, -0.25) is 10.1 Å². The minimum atomic E-state index is -3.45. The molecular weight excluding hydrogens is 430 g/mol. The van der Waals surface area contributed by atoms with E-state index < -0.39 is 33.4 Å².